The van der Waals surface area contributed by atoms with Crippen molar-refractivity contribution in [2.45, 2.75) is 12.3 Å². The zero-order valence-corrected chi connectivity index (χ0v) is 8.57. The second-order valence-corrected chi connectivity index (χ2v) is 4.01. The lowest BCUT2D eigenvalue weighted by Gasteiger charge is -2.09. The Morgan fingerprint density at radius 2 is 2.31 bits per heavy atom. The fourth-order valence-electron chi connectivity index (χ4n) is 1.64. The number of nitrogens with one attached hydrogen (secondary N) is 1. The minimum Gasteiger partial charge on any atom is -0.316 e. The van der Waals surface area contributed by atoms with Crippen molar-refractivity contribution in [3.8, 4) is 0 Å². The van der Waals surface area contributed by atoms with Crippen molar-refractivity contribution in [3.05, 3.63) is 28.0 Å². The highest BCUT2D eigenvalue weighted by Crippen LogP contribution is 2.29. The third-order valence-corrected chi connectivity index (χ3v) is 2.88. The summed E-state index contributed by atoms with van der Waals surface area (Å²) in [5, 5.41) is 4.48. The van der Waals surface area contributed by atoms with Crippen LogP contribution in [0.3, 0.4) is 0 Å². The van der Waals surface area contributed by atoms with E-state index in [1.807, 2.05) is 0 Å². The van der Waals surface area contributed by atoms with Gasteiger partial charge in [-0.2, -0.15) is 0 Å². The van der Waals surface area contributed by atoms with Crippen molar-refractivity contribution < 1.29 is 0 Å². The SMILES string of the molecule is Clc1cc(Cl)c(C2CCNC2)cn1. The molecule has 13 heavy (non-hydrogen) atoms. The lowest BCUT2D eigenvalue weighted by molar-refractivity contribution is 0.759. The van der Waals surface area contributed by atoms with Gasteiger partial charge < -0.3 is 5.32 Å². The van der Waals surface area contributed by atoms with E-state index >= 15 is 0 Å². The number of hydrogen-bond acceptors (Lipinski definition) is 2. The standard InChI is InChI=1S/C9H10Cl2N2/c10-8-3-9(11)13-5-7(8)6-1-2-12-4-6/h3,5-6,12H,1-2,4H2. The molecule has 1 aliphatic rings. The van der Waals surface area contributed by atoms with Crippen molar-refractivity contribution >= 4 is 23.2 Å². The second kappa shape index (κ2) is 3.82. The Morgan fingerprint density at radius 1 is 1.46 bits per heavy atom. The van der Waals surface area contributed by atoms with Crippen LogP contribution in [0.15, 0.2) is 12.3 Å². The summed E-state index contributed by atoms with van der Waals surface area (Å²) in [4.78, 5) is 4.04. The Kier molecular flexibility index (Phi) is 2.72. The van der Waals surface area contributed by atoms with Gasteiger partial charge in [0.25, 0.3) is 0 Å². The minimum atomic E-state index is 0.458. The number of hydrogen-bond donors (Lipinski definition) is 1. The highest BCUT2D eigenvalue weighted by molar-refractivity contribution is 6.34. The monoisotopic (exact) mass is 216 g/mol. The molecule has 0 spiro atoms. The molecule has 70 valence electrons. The number of aromatic nitrogens is 1. The first-order chi connectivity index (χ1) is 6.27. The van der Waals surface area contributed by atoms with Gasteiger partial charge in [0.1, 0.15) is 5.15 Å². The Hall–Kier alpha value is -0.310. The summed E-state index contributed by atoms with van der Waals surface area (Å²) in [6, 6.07) is 1.71. The second-order valence-electron chi connectivity index (χ2n) is 3.22. The van der Waals surface area contributed by atoms with Crippen LogP contribution in [0.2, 0.25) is 10.2 Å². The fraction of sp³-hybridized carbons (Fsp3) is 0.444. The zero-order chi connectivity index (χ0) is 9.26. The zero-order valence-electron chi connectivity index (χ0n) is 7.06. The molecule has 1 aromatic rings. The Labute approximate surface area is 87.3 Å². The maximum Gasteiger partial charge on any atom is 0.130 e. The number of pyridine rings is 1. The molecule has 1 unspecified atom stereocenters. The van der Waals surface area contributed by atoms with Gasteiger partial charge in [-0.1, -0.05) is 23.2 Å². The van der Waals surface area contributed by atoms with Crippen molar-refractivity contribution in [2.75, 3.05) is 13.1 Å². The highest BCUT2D eigenvalue weighted by atomic mass is 35.5. The maximum absolute atomic E-state index is 6.06. The predicted octanol–water partition coefficient (Wildman–Crippen LogP) is 2.47. The summed E-state index contributed by atoms with van der Waals surface area (Å²) in [6.07, 6.45) is 2.91. The van der Waals surface area contributed by atoms with Crippen LogP contribution in [0.4, 0.5) is 0 Å². The summed E-state index contributed by atoms with van der Waals surface area (Å²) in [5.41, 5.74) is 1.11. The Bertz CT molecular complexity index is 308. The van der Waals surface area contributed by atoms with Crippen molar-refractivity contribution in [1.82, 2.24) is 10.3 Å². The topological polar surface area (TPSA) is 24.9 Å². The van der Waals surface area contributed by atoms with E-state index in [9.17, 15) is 0 Å². The lowest BCUT2D eigenvalue weighted by Crippen LogP contribution is -2.08. The van der Waals surface area contributed by atoms with Crippen LogP contribution in [-0.2, 0) is 0 Å². The van der Waals surface area contributed by atoms with E-state index in [1.165, 1.54) is 0 Å². The van der Waals surface area contributed by atoms with Crippen molar-refractivity contribution in [2.24, 2.45) is 0 Å². The van der Waals surface area contributed by atoms with Crippen LogP contribution in [0.1, 0.15) is 17.9 Å². The lowest BCUT2D eigenvalue weighted by atomic mass is 10.0. The molecule has 0 radical (unpaired) electrons. The van der Waals surface area contributed by atoms with Crippen LogP contribution in [0.25, 0.3) is 0 Å². The van der Waals surface area contributed by atoms with E-state index in [0.29, 0.717) is 11.1 Å². The molecular weight excluding hydrogens is 207 g/mol. The van der Waals surface area contributed by atoms with Gasteiger partial charge in [0, 0.05) is 23.7 Å². The minimum absolute atomic E-state index is 0.458. The average Bonchev–Trinajstić information content (AvgIpc) is 2.56. The van der Waals surface area contributed by atoms with Gasteiger partial charge in [-0.3, -0.25) is 0 Å². The number of nitrogens with zero attached hydrogens (tertiary/aromatic N) is 1. The van der Waals surface area contributed by atoms with E-state index in [4.69, 9.17) is 23.2 Å². The van der Waals surface area contributed by atoms with E-state index < -0.39 is 0 Å². The van der Waals surface area contributed by atoms with Gasteiger partial charge in [0.05, 0.1) is 0 Å². The number of halogens is 2. The summed E-state index contributed by atoms with van der Waals surface area (Å²) < 4.78 is 0. The van der Waals surface area contributed by atoms with Crippen LogP contribution in [-0.4, -0.2) is 18.1 Å². The van der Waals surface area contributed by atoms with Crippen molar-refractivity contribution in [1.29, 1.82) is 0 Å². The number of rotatable bonds is 1. The van der Waals surface area contributed by atoms with Gasteiger partial charge >= 0.3 is 0 Å². The van der Waals surface area contributed by atoms with Gasteiger partial charge in [-0.25, -0.2) is 4.98 Å². The van der Waals surface area contributed by atoms with Crippen LogP contribution in [0.5, 0.6) is 0 Å². The molecule has 2 rings (SSSR count). The van der Waals surface area contributed by atoms with Crippen LogP contribution < -0.4 is 5.32 Å². The van der Waals surface area contributed by atoms with E-state index in [2.05, 4.69) is 10.3 Å². The molecule has 1 saturated heterocycles. The molecule has 1 aromatic heterocycles. The molecule has 0 aliphatic carbocycles. The van der Waals surface area contributed by atoms with Crippen LogP contribution >= 0.6 is 23.2 Å². The smallest absolute Gasteiger partial charge is 0.130 e. The van der Waals surface area contributed by atoms with E-state index in [1.54, 1.807) is 12.3 Å². The average molecular weight is 217 g/mol. The third-order valence-electron chi connectivity index (χ3n) is 2.35. The third kappa shape index (κ3) is 1.96. The molecule has 4 heteroatoms. The molecule has 0 amide bonds. The Balaban J connectivity index is 2.29. The quantitative estimate of drug-likeness (QED) is 0.731. The van der Waals surface area contributed by atoms with Gasteiger partial charge in [-0.15, -0.1) is 0 Å². The van der Waals surface area contributed by atoms with E-state index in [0.717, 1.165) is 30.1 Å². The largest absolute Gasteiger partial charge is 0.316 e. The fourth-order valence-corrected chi connectivity index (χ4v) is 2.16. The molecule has 1 N–H and O–H groups in total. The Morgan fingerprint density at radius 3 is 2.92 bits per heavy atom. The summed E-state index contributed by atoms with van der Waals surface area (Å²) >= 11 is 11.8. The highest BCUT2D eigenvalue weighted by Gasteiger charge is 2.19. The molecule has 2 heterocycles. The first kappa shape index (κ1) is 9.25. The molecule has 1 aliphatic heterocycles. The molecule has 1 fully saturated rings. The summed E-state index contributed by atoms with van der Waals surface area (Å²) in [5.74, 6) is 0.497. The first-order valence-corrected chi connectivity index (χ1v) is 5.04. The predicted molar refractivity (Wildman–Crippen MR) is 54.5 cm³/mol. The van der Waals surface area contributed by atoms with Gasteiger partial charge in [0.2, 0.25) is 0 Å². The van der Waals surface area contributed by atoms with Gasteiger partial charge in [0.15, 0.2) is 0 Å². The van der Waals surface area contributed by atoms with Gasteiger partial charge in [-0.05, 0) is 24.6 Å². The molecule has 0 aromatic carbocycles. The van der Waals surface area contributed by atoms with E-state index in [-0.39, 0.29) is 0 Å². The molecule has 0 saturated carbocycles. The summed E-state index contributed by atoms with van der Waals surface area (Å²) in [7, 11) is 0. The van der Waals surface area contributed by atoms with Crippen molar-refractivity contribution in [3.63, 3.8) is 0 Å². The summed E-state index contributed by atoms with van der Waals surface area (Å²) in [6.45, 7) is 2.05. The van der Waals surface area contributed by atoms with Crippen LogP contribution in [0, 0.1) is 0 Å². The molecule has 2 nitrogen and oxygen atoms in total. The first-order valence-electron chi connectivity index (χ1n) is 4.29. The maximum atomic E-state index is 6.06. The normalized spacial score (nSPS) is 22.2. The molecule has 1 atom stereocenters. The molecule has 0 bridgehead atoms. The molecular formula is C9H10Cl2N2.